The largest absolute Gasteiger partial charge is 0.456 e. The molecule has 2 rings (SSSR count). The van der Waals surface area contributed by atoms with E-state index in [9.17, 15) is 8.78 Å². The average molecular weight is 312 g/mol. The molecule has 0 aliphatic heterocycles. The van der Waals surface area contributed by atoms with E-state index in [0.717, 1.165) is 24.2 Å². The molecule has 0 saturated heterocycles. The van der Waals surface area contributed by atoms with Gasteiger partial charge in [-0.1, -0.05) is 24.6 Å². The monoisotopic (exact) mass is 311 g/mol. The van der Waals surface area contributed by atoms with E-state index in [4.69, 9.17) is 16.3 Å². The van der Waals surface area contributed by atoms with Crippen LogP contribution in [0.4, 0.5) is 8.78 Å². The van der Waals surface area contributed by atoms with Crippen LogP contribution in [-0.2, 0) is 0 Å². The van der Waals surface area contributed by atoms with E-state index in [0.29, 0.717) is 10.8 Å². The molecule has 0 spiro atoms. The van der Waals surface area contributed by atoms with E-state index >= 15 is 0 Å². The molecule has 2 aromatic rings. The first-order valence-electron chi connectivity index (χ1n) is 6.67. The SMILES string of the molecule is CCNC(C)c1ccc(Oc2ccc(F)c(F)c2)c(Cl)c1. The maximum Gasteiger partial charge on any atom is 0.162 e. The summed E-state index contributed by atoms with van der Waals surface area (Å²) in [6.07, 6.45) is 0. The van der Waals surface area contributed by atoms with E-state index in [-0.39, 0.29) is 11.8 Å². The molecule has 0 bridgehead atoms. The molecule has 1 unspecified atom stereocenters. The van der Waals surface area contributed by atoms with Gasteiger partial charge in [-0.3, -0.25) is 0 Å². The van der Waals surface area contributed by atoms with E-state index in [1.165, 1.54) is 6.07 Å². The van der Waals surface area contributed by atoms with Crippen LogP contribution in [0.5, 0.6) is 11.5 Å². The Morgan fingerprint density at radius 1 is 1.14 bits per heavy atom. The topological polar surface area (TPSA) is 21.3 Å². The molecule has 1 N–H and O–H groups in total. The number of benzene rings is 2. The minimum Gasteiger partial charge on any atom is -0.456 e. The van der Waals surface area contributed by atoms with Gasteiger partial charge in [-0.25, -0.2) is 8.78 Å². The van der Waals surface area contributed by atoms with Gasteiger partial charge in [-0.2, -0.15) is 0 Å². The van der Waals surface area contributed by atoms with Crippen molar-refractivity contribution in [2.45, 2.75) is 19.9 Å². The molecular formula is C16H16ClF2NO. The summed E-state index contributed by atoms with van der Waals surface area (Å²) in [6, 6.07) is 8.92. The molecule has 21 heavy (non-hydrogen) atoms. The van der Waals surface area contributed by atoms with Gasteiger partial charge in [0.1, 0.15) is 11.5 Å². The molecule has 0 aromatic heterocycles. The Bertz CT molecular complexity index is 634. The minimum absolute atomic E-state index is 0.171. The zero-order valence-electron chi connectivity index (χ0n) is 11.8. The first-order chi connectivity index (χ1) is 10.0. The van der Waals surface area contributed by atoms with Crippen LogP contribution in [-0.4, -0.2) is 6.54 Å². The third-order valence-electron chi connectivity index (χ3n) is 3.09. The van der Waals surface area contributed by atoms with E-state index in [1.807, 2.05) is 19.9 Å². The van der Waals surface area contributed by atoms with Gasteiger partial charge in [-0.15, -0.1) is 0 Å². The maximum atomic E-state index is 13.1. The van der Waals surface area contributed by atoms with E-state index in [1.54, 1.807) is 12.1 Å². The highest BCUT2D eigenvalue weighted by atomic mass is 35.5. The zero-order valence-corrected chi connectivity index (χ0v) is 12.5. The van der Waals surface area contributed by atoms with Crippen LogP contribution in [0.1, 0.15) is 25.5 Å². The summed E-state index contributed by atoms with van der Waals surface area (Å²) in [6.45, 7) is 4.91. The van der Waals surface area contributed by atoms with Crippen LogP contribution in [0.15, 0.2) is 36.4 Å². The van der Waals surface area contributed by atoms with E-state index < -0.39 is 11.6 Å². The highest BCUT2D eigenvalue weighted by Crippen LogP contribution is 2.32. The number of hydrogen-bond acceptors (Lipinski definition) is 2. The fourth-order valence-corrected chi connectivity index (χ4v) is 2.19. The highest BCUT2D eigenvalue weighted by molar-refractivity contribution is 6.32. The van der Waals surface area contributed by atoms with Gasteiger partial charge in [0.25, 0.3) is 0 Å². The second-order valence-corrected chi connectivity index (χ2v) is 5.05. The summed E-state index contributed by atoms with van der Waals surface area (Å²) in [4.78, 5) is 0. The van der Waals surface area contributed by atoms with Crippen LogP contribution in [0, 0.1) is 11.6 Å². The van der Waals surface area contributed by atoms with Crippen LogP contribution in [0.2, 0.25) is 5.02 Å². The van der Waals surface area contributed by atoms with E-state index in [2.05, 4.69) is 5.32 Å². The maximum absolute atomic E-state index is 13.1. The van der Waals surface area contributed by atoms with Crippen molar-refractivity contribution in [1.82, 2.24) is 5.32 Å². The van der Waals surface area contributed by atoms with Gasteiger partial charge >= 0.3 is 0 Å². The predicted octanol–water partition coefficient (Wildman–Crippen LogP) is 5.08. The summed E-state index contributed by atoms with van der Waals surface area (Å²) in [5, 5.41) is 3.70. The van der Waals surface area contributed by atoms with Gasteiger partial charge in [0.15, 0.2) is 11.6 Å². The quantitative estimate of drug-likeness (QED) is 0.831. The van der Waals surface area contributed by atoms with Crippen molar-refractivity contribution >= 4 is 11.6 Å². The van der Waals surface area contributed by atoms with Crippen LogP contribution in [0.3, 0.4) is 0 Å². The molecule has 0 radical (unpaired) electrons. The number of rotatable bonds is 5. The Kier molecular flexibility index (Phi) is 5.15. The van der Waals surface area contributed by atoms with Gasteiger partial charge < -0.3 is 10.1 Å². The highest BCUT2D eigenvalue weighted by Gasteiger charge is 2.10. The van der Waals surface area contributed by atoms with Crippen molar-refractivity contribution in [2.75, 3.05) is 6.54 Å². The van der Waals surface area contributed by atoms with Crippen molar-refractivity contribution in [3.8, 4) is 11.5 Å². The summed E-state index contributed by atoms with van der Waals surface area (Å²) in [7, 11) is 0. The van der Waals surface area contributed by atoms with Crippen LogP contribution < -0.4 is 10.1 Å². The van der Waals surface area contributed by atoms with Crippen molar-refractivity contribution in [3.05, 3.63) is 58.6 Å². The summed E-state index contributed by atoms with van der Waals surface area (Å²) in [5.74, 6) is -1.28. The molecular weight excluding hydrogens is 296 g/mol. The Hall–Kier alpha value is -1.65. The van der Waals surface area contributed by atoms with Gasteiger partial charge in [0.05, 0.1) is 5.02 Å². The standard InChI is InChI=1S/C16H16ClF2NO/c1-3-20-10(2)11-4-7-16(13(17)8-11)21-12-5-6-14(18)15(19)9-12/h4-10,20H,3H2,1-2H3. The Morgan fingerprint density at radius 2 is 1.90 bits per heavy atom. The molecule has 0 saturated carbocycles. The lowest BCUT2D eigenvalue weighted by Crippen LogP contribution is -2.17. The first-order valence-corrected chi connectivity index (χ1v) is 7.04. The van der Waals surface area contributed by atoms with Crippen molar-refractivity contribution in [3.63, 3.8) is 0 Å². The number of ether oxygens (including phenoxy) is 1. The average Bonchev–Trinajstić information content (AvgIpc) is 2.45. The fourth-order valence-electron chi connectivity index (χ4n) is 1.96. The normalized spacial score (nSPS) is 12.2. The third-order valence-corrected chi connectivity index (χ3v) is 3.38. The Balaban J connectivity index is 2.19. The van der Waals surface area contributed by atoms with Crippen molar-refractivity contribution in [1.29, 1.82) is 0 Å². The van der Waals surface area contributed by atoms with Crippen LogP contribution in [0.25, 0.3) is 0 Å². The molecule has 0 aliphatic carbocycles. The van der Waals surface area contributed by atoms with Crippen LogP contribution >= 0.6 is 11.6 Å². The number of nitrogens with one attached hydrogen (secondary N) is 1. The van der Waals surface area contributed by atoms with Crippen molar-refractivity contribution < 1.29 is 13.5 Å². The molecule has 2 aromatic carbocycles. The number of halogens is 3. The smallest absolute Gasteiger partial charge is 0.162 e. The Labute approximate surface area is 127 Å². The lowest BCUT2D eigenvalue weighted by molar-refractivity contribution is 0.461. The molecule has 5 heteroatoms. The Morgan fingerprint density at radius 3 is 2.52 bits per heavy atom. The second-order valence-electron chi connectivity index (χ2n) is 4.65. The zero-order chi connectivity index (χ0) is 15.4. The molecule has 0 fully saturated rings. The van der Waals surface area contributed by atoms with Gasteiger partial charge in [0.2, 0.25) is 0 Å². The molecule has 0 amide bonds. The summed E-state index contributed by atoms with van der Waals surface area (Å²) >= 11 is 6.17. The predicted molar refractivity (Wildman–Crippen MR) is 80.0 cm³/mol. The second kappa shape index (κ2) is 6.87. The van der Waals surface area contributed by atoms with Gasteiger partial charge in [0, 0.05) is 12.1 Å². The molecule has 2 nitrogen and oxygen atoms in total. The molecule has 0 aliphatic rings. The lowest BCUT2D eigenvalue weighted by Gasteiger charge is -2.14. The summed E-state index contributed by atoms with van der Waals surface area (Å²) < 4.78 is 31.5. The third kappa shape index (κ3) is 3.93. The molecule has 1 atom stereocenters. The lowest BCUT2D eigenvalue weighted by atomic mass is 10.1. The van der Waals surface area contributed by atoms with Crippen molar-refractivity contribution in [2.24, 2.45) is 0 Å². The summed E-state index contributed by atoms with van der Waals surface area (Å²) in [5.41, 5.74) is 1.03. The molecule has 112 valence electrons. The van der Waals surface area contributed by atoms with Gasteiger partial charge in [-0.05, 0) is 43.3 Å². The molecule has 0 heterocycles. The minimum atomic E-state index is -0.957. The fraction of sp³-hybridized carbons (Fsp3) is 0.250. The number of hydrogen-bond donors (Lipinski definition) is 1. The first kappa shape index (κ1) is 15.7.